The van der Waals surface area contributed by atoms with Crippen molar-refractivity contribution in [2.45, 2.75) is 26.3 Å². The van der Waals surface area contributed by atoms with Gasteiger partial charge in [0, 0.05) is 11.2 Å². The van der Waals surface area contributed by atoms with E-state index < -0.39 is 30.0 Å². The Kier molecular flexibility index (Phi) is 4.09. The number of hydrogen-bond donors (Lipinski definition) is 3. The zero-order valence-corrected chi connectivity index (χ0v) is 13.0. The normalized spacial score (nSPS) is 13.8. The number of imide groups is 1. The monoisotopic (exact) mass is 319 g/mol. The third-order valence-electron chi connectivity index (χ3n) is 3.22. The van der Waals surface area contributed by atoms with E-state index in [0.717, 1.165) is 0 Å². The molecule has 0 atom stereocenters. The second-order valence-electron chi connectivity index (χ2n) is 6.08. The van der Waals surface area contributed by atoms with Crippen molar-refractivity contribution in [3.05, 3.63) is 29.3 Å². The highest BCUT2D eigenvalue weighted by atomic mass is 16.4. The van der Waals surface area contributed by atoms with Crippen LogP contribution in [0.1, 0.15) is 41.5 Å². The molecule has 0 aromatic heterocycles. The molecule has 4 amide bonds. The highest BCUT2D eigenvalue weighted by molar-refractivity contribution is 6.22. The number of hydrogen-bond acceptors (Lipinski definition) is 4. The van der Waals surface area contributed by atoms with Gasteiger partial charge in [-0.1, -0.05) is 0 Å². The van der Waals surface area contributed by atoms with Crippen LogP contribution in [-0.2, 0) is 4.79 Å². The van der Waals surface area contributed by atoms with E-state index in [1.54, 1.807) is 20.8 Å². The van der Waals surface area contributed by atoms with Crippen molar-refractivity contribution < 1.29 is 24.3 Å². The van der Waals surface area contributed by atoms with Crippen LogP contribution in [0.25, 0.3) is 0 Å². The first-order valence-electron chi connectivity index (χ1n) is 6.91. The van der Waals surface area contributed by atoms with Crippen molar-refractivity contribution in [3.63, 3.8) is 0 Å². The van der Waals surface area contributed by atoms with Crippen LogP contribution in [0.15, 0.2) is 18.2 Å². The van der Waals surface area contributed by atoms with Gasteiger partial charge in [-0.25, -0.2) is 4.79 Å². The van der Waals surface area contributed by atoms with Crippen LogP contribution < -0.4 is 10.6 Å². The number of nitrogens with one attached hydrogen (secondary N) is 2. The number of fused-ring (bicyclic) bond motifs is 1. The lowest BCUT2D eigenvalue weighted by atomic mass is 10.1. The number of carbonyl (C=O) groups is 4. The quantitative estimate of drug-likeness (QED) is 0.726. The molecule has 1 aromatic carbocycles. The second-order valence-corrected chi connectivity index (χ2v) is 6.08. The van der Waals surface area contributed by atoms with E-state index >= 15 is 0 Å². The van der Waals surface area contributed by atoms with Gasteiger partial charge in [0.05, 0.1) is 11.1 Å². The molecule has 122 valence electrons. The number of urea groups is 1. The molecular formula is C15H17N3O5. The molecule has 0 spiro atoms. The number of carboxylic acid groups (broad SMARTS) is 1. The molecule has 1 aromatic rings. The Morgan fingerprint density at radius 2 is 1.74 bits per heavy atom. The molecular weight excluding hydrogens is 302 g/mol. The van der Waals surface area contributed by atoms with Crippen LogP contribution in [0.5, 0.6) is 0 Å². The molecule has 1 heterocycles. The Hall–Kier alpha value is -2.90. The SMILES string of the molecule is CC(C)(C)N1C(=O)c2ccc(NC(=O)NCC(=O)O)cc2C1=O. The molecule has 0 saturated carbocycles. The van der Waals surface area contributed by atoms with Gasteiger partial charge in [-0.05, 0) is 39.0 Å². The van der Waals surface area contributed by atoms with E-state index in [1.807, 2.05) is 0 Å². The first-order valence-corrected chi connectivity index (χ1v) is 6.91. The van der Waals surface area contributed by atoms with Crippen molar-refractivity contribution in [1.82, 2.24) is 10.2 Å². The molecule has 0 unspecified atom stereocenters. The molecule has 8 heteroatoms. The average Bonchev–Trinajstić information content (AvgIpc) is 2.68. The minimum atomic E-state index is -1.17. The summed E-state index contributed by atoms with van der Waals surface area (Å²) in [4.78, 5) is 47.8. The average molecular weight is 319 g/mol. The molecule has 1 aliphatic heterocycles. The van der Waals surface area contributed by atoms with Crippen LogP contribution in [0.4, 0.5) is 10.5 Å². The van der Waals surface area contributed by atoms with Gasteiger partial charge >= 0.3 is 12.0 Å². The minimum Gasteiger partial charge on any atom is -0.480 e. The highest BCUT2D eigenvalue weighted by Gasteiger charge is 2.41. The molecule has 0 saturated heterocycles. The molecule has 0 radical (unpaired) electrons. The Morgan fingerprint density at radius 1 is 1.13 bits per heavy atom. The van der Waals surface area contributed by atoms with Crippen LogP contribution in [0.2, 0.25) is 0 Å². The van der Waals surface area contributed by atoms with E-state index in [4.69, 9.17) is 5.11 Å². The third kappa shape index (κ3) is 3.31. The summed E-state index contributed by atoms with van der Waals surface area (Å²) >= 11 is 0. The third-order valence-corrected chi connectivity index (χ3v) is 3.22. The predicted octanol–water partition coefficient (Wildman–Crippen LogP) is 1.29. The van der Waals surface area contributed by atoms with Gasteiger partial charge in [-0.3, -0.25) is 19.3 Å². The summed E-state index contributed by atoms with van der Waals surface area (Å²) in [6.07, 6.45) is 0. The van der Waals surface area contributed by atoms with Crippen molar-refractivity contribution in [3.8, 4) is 0 Å². The van der Waals surface area contributed by atoms with Gasteiger partial charge in [0.25, 0.3) is 11.8 Å². The summed E-state index contributed by atoms with van der Waals surface area (Å²) in [5.74, 6) is -1.97. The van der Waals surface area contributed by atoms with Gasteiger partial charge in [-0.2, -0.15) is 0 Å². The molecule has 2 rings (SSSR count). The minimum absolute atomic E-state index is 0.209. The van der Waals surface area contributed by atoms with E-state index in [1.165, 1.54) is 23.1 Å². The van der Waals surface area contributed by atoms with Crippen LogP contribution >= 0.6 is 0 Å². The summed E-state index contributed by atoms with van der Waals surface area (Å²) in [6, 6.07) is 3.64. The second kappa shape index (κ2) is 5.71. The lowest BCUT2D eigenvalue weighted by Crippen LogP contribution is -2.45. The maximum atomic E-state index is 12.4. The van der Waals surface area contributed by atoms with E-state index in [2.05, 4.69) is 10.6 Å². The lowest BCUT2D eigenvalue weighted by Gasteiger charge is -2.29. The Morgan fingerprint density at radius 3 is 2.30 bits per heavy atom. The number of benzene rings is 1. The topological polar surface area (TPSA) is 116 Å². The van der Waals surface area contributed by atoms with Gasteiger partial charge in [0.2, 0.25) is 0 Å². The van der Waals surface area contributed by atoms with Gasteiger partial charge < -0.3 is 15.7 Å². The van der Waals surface area contributed by atoms with Crippen molar-refractivity contribution >= 4 is 29.5 Å². The summed E-state index contributed by atoms with van der Waals surface area (Å²) in [5.41, 5.74) is 0.130. The molecule has 23 heavy (non-hydrogen) atoms. The Bertz CT molecular complexity index is 706. The standard InChI is InChI=1S/C15H17N3O5/c1-15(2,3)18-12(21)9-5-4-8(6-10(9)13(18)22)17-14(23)16-7-11(19)20/h4-6H,7H2,1-3H3,(H,19,20)(H2,16,17,23). The summed E-state index contributed by atoms with van der Waals surface area (Å²) < 4.78 is 0. The maximum absolute atomic E-state index is 12.4. The fourth-order valence-corrected chi connectivity index (χ4v) is 2.26. The fraction of sp³-hybridized carbons (Fsp3) is 0.333. The Balaban J connectivity index is 2.21. The van der Waals surface area contributed by atoms with Crippen molar-refractivity contribution in [2.24, 2.45) is 0 Å². The smallest absolute Gasteiger partial charge is 0.323 e. The summed E-state index contributed by atoms with van der Waals surface area (Å²) in [7, 11) is 0. The molecule has 0 aliphatic carbocycles. The number of amides is 4. The number of aliphatic carboxylic acids is 1. The number of rotatable bonds is 3. The van der Waals surface area contributed by atoms with Crippen LogP contribution in [0, 0.1) is 0 Å². The van der Waals surface area contributed by atoms with E-state index in [-0.39, 0.29) is 17.0 Å². The first kappa shape index (κ1) is 16.5. The highest BCUT2D eigenvalue weighted by Crippen LogP contribution is 2.30. The number of anilines is 1. The van der Waals surface area contributed by atoms with Crippen molar-refractivity contribution in [2.75, 3.05) is 11.9 Å². The predicted molar refractivity (Wildman–Crippen MR) is 81.4 cm³/mol. The number of nitrogens with zero attached hydrogens (tertiary/aromatic N) is 1. The Labute approximate surface area is 132 Å². The summed E-state index contributed by atoms with van der Waals surface area (Å²) in [5, 5.41) is 13.1. The summed E-state index contributed by atoms with van der Waals surface area (Å²) in [6.45, 7) is 4.75. The lowest BCUT2D eigenvalue weighted by molar-refractivity contribution is -0.135. The zero-order valence-electron chi connectivity index (χ0n) is 13.0. The maximum Gasteiger partial charge on any atom is 0.323 e. The molecule has 0 fully saturated rings. The van der Waals surface area contributed by atoms with Gasteiger partial charge in [-0.15, -0.1) is 0 Å². The van der Waals surface area contributed by atoms with E-state index in [0.29, 0.717) is 5.69 Å². The molecule has 8 nitrogen and oxygen atoms in total. The zero-order chi connectivity index (χ0) is 17.4. The van der Waals surface area contributed by atoms with Crippen molar-refractivity contribution in [1.29, 1.82) is 0 Å². The fourth-order valence-electron chi connectivity index (χ4n) is 2.26. The molecule has 0 bridgehead atoms. The van der Waals surface area contributed by atoms with E-state index in [9.17, 15) is 19.2 Å². The molecule has 1 aliphatic rings. The molecule has 3 N–H and O–H groups in total. The number of carboxylic acids is 1. The number of carbonyl (C=O) groups excluding carboxylic acids is 3. The van der Waals surface area contributed by atoms with Gasteiger partial charge in [0.1, 0.15) is 6.54 Å². The first-order chi connectivity index (χ1) is 10.6. The van der Waals surface area contributed by atoms with Crippen LogP contribution in [0.3, 0.4) is 0 Å². The van der Waals surface area contributed by atoms with Gasteiger partial charge in [0.15, 0.2) is 0 Å². The van der Waals surface area contributed by atoms with Crippen LogP contribution in [-0.4, -0.2) is 45.9 Å². The largest absolute Gasteiger partial charge is 0.480 e.